The Morgan fingerprint density at radius 3 is 2.50 bits per heavy atom. The molecule has 1 aliphatic rings. The number of aromatic nitrogens is 2. The molecule has 0 radical (unpaired) electrons. The summed E-state index contributed by atoms with van der Waals surface area (Å²) in [4.78, 5) is 13.7. The van der Waals surface area contributed by atoms with Crippen LogP contribution >= 0.6 is 11.6 Å². The van der Waals surface area contributed by atoms with Gasteiger partial charge in [-0.1, -0.05) is 35.9 Å². The van der Waals surface area contributed by atoms with Gasteiger partial charge in [-0.2, -0.15) is 0 Å². The van der Waals surface area contributed by atoms with Crippen molar-refractivity contribution in [3.63, 3.8) is 0 Å². The van der Waals surface area contributed by atoms with E-state index in [0.717, 1.165) is 16.8 Å². The van der Waals surface area contributed by atoms with Crippen LogP contribution < -0.4 is 5.32 Å². The van der Waals surface area contributed by atoms with E-state index in [1.54, 1.807) is 24.4 Å². The van der Waals surface area contributed by atoms with Crippen LogP contribution in [0.15, 0.2) is 71.9 Å². The summed E-state index contributed by atoms with van der Waals surface area (Å²) in [6.07, 6.45) is 1.68. The predicted molar refractivity (Wildman–Crippen MR) is 123 cm³/mol. The highest BCUT2D eigenvalue weighted by Gasteiger charge is 2.25. The van der Waals surface area contributed by atoms with E-state index in [9.17, 15) is 8.78 Å². The van der Waals surface area contributed by atoms with Crippen molar-refractivity contribution >= 4 is 28.9 Å². The summed E-state index contributed by atoms with van der Waals surface area (Å²) in [5, 5.41) is 3.65. The molecule has 5 rings (SSSR count). The Hall–Kier alpha value is -3.64. The Labute approximate surface area is 188 Å². The maximum atomic E-state index is 14.6. The Morgan fingerprint density at radius 2 is 1.72 bits per heavy atom. The molecule has 1 aromatic heterocycles. The zero-order valence-electron chi connectivity index (χ0n) is 17.0. The second-order valence-electron chi connectivity index (χ2n) is 7.51. The molecule has 1 aliphatic heterocycles. The van der Waals surface area contributed by atoms with Gasteiger partial charge in [0.2, 0.25) is 5.95 Å². The number of rotatable bonds is 3. The van der Waals surface area contributed by atoms with Crippen LogP contribution in [0.4, 0.5) is 20.4 Å². The Bertz CT molecular complexity index is 1360. The van der Waals surface area contributed by atoms with E-state index in [2.05, 4.69) is 15.3 Å². The van der Waals surface area contributed by atoms with Gasteiger partial charge in [0.05, 0.1) is 23.5 Å². The minimum absolute atomic E-state index is 0.176. The highest BCUT2D eigenvalue weighted by molar-refractivity contribution is 6.31. The van der Waals surface area contributed by atoms with Crippen LogP contribution in [-0.2, 0) is 6.54 Å². The summed E-state index contributed by atoms with van der Waals surface area (Å²) < 4.78 is 29.3. The number of fused-ring (bicyclic) bond motifs is 3. The fourth-order valence-electron chi connectivity index (χ4n) is 3.77. The van der Waals surface area contributed by atoms with E-state index in [1.807, 2.05) is 31.2 Å². The van der Waals surface area contributed by atoms with Crippen molar-refractivity contribution in [2.75, 3.05) is 5.32 Å². The van der Waals surface area contributed by atoms with Gasteiger partial charge in [0.15, 0.2) is 0 Å². The lowest BCUT2D eigenvalue weighted by Gasteiger charge is -2.13. The Kier molecular flexibility index (Phi) is 5.15. The lowest BCUT2D eigenvalue weighted by molar-refractivity contribution is 0.579. The van der Waals surface area contributed by atoms with Gasteiger partial charge >= 0.3 is 0 Å². The largest absolute Gasteiger partial charge is 0.324 e. The number of aliphatic imine (C=N–C) groups is 1. The fourth-order valence-corrected chi connectivity index (χ4v) is 3.95. The number of nitrogens with zero attached hydrogens (tertiary/aromatic N) is 3. The van der Waals surface area contributed by atoms with E-state index in [1.165, 1.54) is 18.2 Å². The monoisotopic (exact) mass is 446 g/mol. The molecule has 0 atom stereocenters. The molecule has 3 aromatic carbocycles. The first-order chi connectivity index (χ1) is 15.5. The van der Waals surface area contributed by atoms with Gasteiger partial charge in [-0.25, -0.2) is 18.7 Å². The van der Waals surface area contributed by atoms with Crippen molar-refractivity contribution in [3.05, 3.63) is 106 Å². The molecule has 0 amide bonds. The maximum Gasteiger partial charge on any atom is 0.227 e. The molecule has 0 aliphatic carbocycles. The van der Waals surface area contributed by atoms with Crippen molar-refractivity contribution in [3.8, 4) is 11.3 Å². The average molecular weight is 447 g/mol. The van der Waals surface area contributed by atoms with Crippen molar-refractivity contribution < 1.29 is 8.78 Å². The molecule has 4 aromatic rings. The third kappa shape index (κ3) is 3.74. The van der Waals surface area contributed by atoms with Gasteiger partial charge < -0.3 is 5.32 Å². The topological polar surface area (TPSA) is 50.2 Å². The summed E-state index contributed by atoms with van der Waals surface area (Å²) in [7, 11) is 0. The van der Waals surface area contributed by atoms with Gasteiger partial charge in [0.1, 0.15) is 11.6 Å². The highest BCUT2D eigenvalue weighted by Crippen LogP contribution is 2.34. The van der Waals surface area contributed by atoms with Crippen LogP contribution in [0.1, 0.15) is 22.3 Å². The number of benzene rings is 3. The molecule has 0 unspecified atom stereocenters. The summed E-state index contributed by atoms with van der Waals surface area (Å²) >= 11 is 6.26. The molecule has 4 nitrogen and oxygen atoms in total. The minimum Gasteiger partial charge on any atom is -0.324 e. The van der Waals surface area contributed by atoms with Crippen LogP contribution in [0.2, 0.25) is 5.02 Å². The van der Waals surface area contributed by atoms with Crippen molar-refractivity contribution in [1.29, 1.82) is 0 Å². The number of aryl methyl sites for hydroxylation is 1. The molecule has 0 bridgehead atoms. The van der Waals surface area contributed by atoms with Gasteiger partial charge in [0.25, 0.3) is 0 Å². The normalized spacial score (nSPS) is 12.4. The number of hydrogen-bond donors (Lipinski definition) is 1. The first-order valence-electron chi connectivity index (χ1n) is 9.98. The van der Waals surface area contributed by atoms with E-state index in [-0.39, 0.29) is 17.8 Å². The Balaban J connectivity index is 1.65. The Morgan fingerprint density at radius 1 is 0.938 bits per heavy atom. The van der Waals surface area contributed by atoms with E-state index in [0.29, 0.717) is 27.8 Å². The molecule has 1 N–H and O–H groups in total. The standard InChI is InChI=1S/C25H17ClF2N4/c1-14-4-2-5-17(10-14)31-25-30-13-15-12-29-24(22-20(27)6-3-7-21(22)28)19-11-16(26)8-9-18(19)23(15)32-25/h2-11,13H,12H2,1H3,(H,30,31,32). The first-order valence-corrected chi connectivity index (χ1v) is 10.4. The lowest BCUT2D eigenvalue weighted by atomic mass is 9.95. The van der Waals surface area contributed by atoms with E-state index >= 15 is 0 Å². The van der Waals surface area contributed by atoms with Crippen LogP contribution in [-0.4, -0.2) is 15.7 Å². The fraction of sp³-hybridized carbons (Fsp3) is 0.0800. The smallest absolute Gasteiger partial charge is 0.227 e. The van der Waals surface area contributed by atoms with Gasteiger partial charge in [0, 0.05) is 33.6 Å². The van der Waals surface area contributed by atoms with Crippen LogP contribution in [0, 0.1) is 18.6 Å². The average Bonchev–Trinajstić information content (AvgIpc) is 2.91. The second kappa shape index (κ2) is 8.13. The number of anilines is 2. The first kappa shape index (κ1) is 20.3. The minimum atomic E-state index is -0.687. The zero-order valence-corrected chi connectivity index (χ0v) is 17.8. The lowest BCUT2D eigenvalue weighted by Crippen LogP contribution is -2.10. The molecule has 7 heteroatoms. The van der Waals surface area contributed by atoms with Gasteiger partial charge in [-0.3, -0.25) is 4.99 Å². The van der Waals surface area contributed by atoms with E-state index in [4.69, 9.17) is 16.6 Å². The van der Waals surface area contributed by atoms with Crippen LogP contribution in [0.3, 0.4) is 0 Å². The van der Waals surface area contributed by atoms with Crippen molar-refractivity contribution in [2.24, 2.45) is 4.99 Å². The molecule has 0 fully saturated rings. The molecule has 0 saturated heterocycles. The zero-order chi connectivity index (χ0) is 22.2. The maximum absolute atomic E-state index is 14.6. The van der Waals surface area contributed by atoms with Crippen molar-refractivity contribution in [1.82, 2.24) is 9.97 Å². The molecule has 0 saturated carbocycles. The third-order valence-electron chi connectivity index (χ3n) is 5.24. The van der Waals surface area contributed by atoms with Crippen LogP contribution in [0.25, 0.3) is 11.3 Å². The summed E-state index contributed by atoms with van der Waals surface area (Å²) in [6, 6.07) is 16.8. The second-order valence-corrected chi connectivity index (χ2v) is 7.95. The summed E-state index contributed by atoms with van der Waals surface area (Å²) in [6.45, 7) is 2.18. The predicted octanol–water partition coefficient (Wildman–Crippen LogP) is 6.48. The summed E-state index contributed by atoms with van der Waals surface area (Å²) in [5.74, 6) is -0.960. The van der Waals surface area contributed by atoms with Crippen LogP contribution in [0.5, 0.6) is 0 Å². The highest BCUT2D eigenvalue weighted by atomic mass is 35.5. The van der Waals surface area contributed by atoms with Crippen molar-refractivity contribution in [2.45, 2.75) is 13.5 Å². The van der Waals surface area contributed by atoms with E-state index < -0.39 is 11.6 Å². The molecular weight excluding hydrogens is 430 g/mol. The third-order valence-corrected chi connectivity index (χ3v) is 5.47. The molecule has 32 heavy (non-hydrogen) atoms. The molecular formula is C25H17ClF2N4. The van der Waals surface area contributed by atoms with Gasteiger partial charge in [-0.05, 0) is 48.9 Å². The number of halogens is 3. The quantitative estimate of drug-likeness (QED) is 0.392. The molecule has 158 valence electrons. The molecule has 2 heterocycles. The number of nitrogens with one attached hydrogen (secondary N) is 1. The summed E-state index contributed by atoms with van der Waals surface area (Å²) in [5.41, 5.74) is 4.56. The van der Waals surface area contributed by atoms with Gasteiger partial charge in [-0.15, -0.1) is 0 Å². The number of hydrogen-bond acceptors (Lipinski definition) is 4. The SMILES string of the molecule is Cc1cccc(Nc2ncc3c(n2)-c2ccc(Cl)cc2C(c2c(F)cccc2F)=NC3)c1. The molecule has 0 spiro atoms.